The number of carbonyl (C=O) groups is 1. The predicted octanol–water partition coefficient (Wildman–Crippen LogP) is 3.55. The first kappa shape index (κ1) is 15.5. The highest BCUT2D eigenvalue weighted by atomic mass is 16.6. The fraction of sp³-hybridized carbons (Fsp3) is 0.600. The van der Waals surface area contributed by atoms with Gasteiger partial charge in [0, 0.05) is 12.8 Å². The second-order valence-corrected chi connectivity index (χ2v) is 4.64. The Morgan fingerprint density at radius 3 is 2.74 bits per heavy atom. The zero-order valence-corrected chi connectivity index (χ0v) is 12.0. The van der Waals surface area contributed by atoms with Gasteiger partial charge in [-0.15, -0.1) is 0 Å². The van der Waals surface area contributed by atoms with Crippen LogP contribution in [-0.4, -0.2) is 23.2 Å². The van der Waals surface area contributed by atoms with Crippen LogP contribution in [0.15, 0.2) is 28.6 Å². The Hall–Kier alpha value is -1.58. The molecule has 0 aliphatic heterocycles. The second-order valence-electron chi connectivity index (χ2n) is 4.64. The fourth-order valence-corrected chi connectivity index (χ4v) is 2.26. The van der Waals surface area contributed by atoms with Gasteiger partial charge in [-0.25, -0.2) is 0 Å². The van der Waals surface area contributed by atoms with Crippen LogP contribution in [-0.2, 0) is 9.63 Å². The maximum Gasteiger partial charge on any atom is 0.168 e. The van der Waals surface area contributed by atoms with Gasteiger partial charge < -0.3 is 9.94 Å². The third-order valence-electron chi connectivity index (χ3n) is 3.01. The van der Waals surface area contributed by atoms with Crippen molar-refractivity contribution in [1.29, 1.82) is 0 Å². The summed E-state index contributed by atoms with van der Waals surface area (Å²) in [7, 11) is 0. The molecule has 1 aliphatic rings. The zero-order chi connectivity index (χ0) is 14.3. The third kappa shape index (κ3) is 4.23. The molecule has 4 nitrogen and oxygen atoms in total. The fourth-order valence-electron chi connectivity index (χ4n) is 2.26. The van der Waals surface area contributed by atoms with Gasteiger partial charge >= 0.3 is 0 Å². The van der Waals surface area contributed by atoms with Crippen molar-refractivity contribution in [3.8, 4) is 0 Å². The Morgan fingerprint density at radius 1 is 1.47 bits per heavy atom. The van der Waals surface area contributed by atoms with Gasteiger partial charge in [-0.3, -0.25) is 4.79 Å². The van der Waals surface area contributed by atoms with Crippen molar-refractivity contribution in [2.24, 2.45) is 11.1 Å². The van der Waals surface area contributed by atoms with Crippen LogP contribution in [0, 0.1) is 5.92 Å². The highest BCUT2D eigenvalue weighted by Gasteiger charge is 2.29. The molecule has 1 N–H and O–H groups in total. The van der Waals surface area contributed by atoms with Crippen LogP contribution in [0.2, 0.25) is 0 Å². The topological polar surface area (TPSA) is 58.9 Å². The molecule has 19 heavy (non-hydrogen) atoms. The Balaban J connectivity index is 3.01. The average molecular weight is 265 g/mol. The summed E-state index contributed by atoms with van der Waals surface area (Å²) in [6, 6.07) is 0. The van der Waals surface area contributed by atoms with E-state index >= 15 is 0 Å². The molecule has 0 heterocycles. The maximum atomic E-state index is 12.2. The van der Waals surface area contributed by atoms with Crippen molar-refractivity contribution in [2.45, 2.75) is 46.5 Å². The van der Waals surface area contributed by atoms with Crippen molar-refractivity contribution >= 4 is 11.5 Å². The lowest BCUT2D eigenvalue weighted by atomic mass is 9.84. The number of hydrogen-bond donors (Lipinski definition) is 1. The van der Waals surface area contributed by atoms with E-state index in [0.717, 1.165) is 6.42 Å². The van der Waals surface area contributed by atoms with Crippen molar-refractivity contribution < 1.29 is 14.7 Å². The van der Waals surface area contributed by atoms with Gasteiger partial charge in [-0.2, -0.15) is 0 Å². The molecule has 0 saturated heterocycles. The molecule has 0 aromatic rings. The Labute approximate surface area is 114 Å². The molecule has 0 amide bonds. The monoisotopic (exact) mass is 265 g/mol. The summed E-state index contributed by atoms with van der Waals surface area (Å²) < 4.78 is 0. The molecule has 1 rings (SSSR count). The molecule has 1 atom stereocenters. The van der Waals surface area contributed by atoms with Gasteiger partial charge in [0.2, 0.25) is 0 Å². The molecule has 0 aromatic carbocycles. The highest BCUT2D eigenvalue weighted by Crippen LogP contribution is 2.28. The van der Waals surface area contributed by atoms with E-state index in [-0.39, 0.29) is 17.5 Å². The summed E-state index contributed by atoms with van der Waals surface area (Å²) in [6.45, 7) is 6.22. The molecule has 1 unspecified atom stereocenters. The molecule has 0 aromatic heterocycles. The van der Waals surface area contributed by atoms with Crippen LogP contribution in [0.3, 0.4) is 0 Å². The van der Waals surface area contributed by atoms with E-state index in [1.165, 1.54) is 0 Å². The minimum atomic E-state index is -0.0428. The lowest BCUT2D eigenvalue weighted by Crippen LogP contribution is -2.24. The lowest BCUT2D eigenvalue weighted by molar-refractivity contribution is -0.116. The number of allylic oxidation sites excluding steroid dienone is 4. The molecule has 106 valence electrons. The van der Waals surface area contributed by atoms with E-state index in [1.807, 2.05) is 32.9 Å². The number of oxime groups is 1. The number of nitrogens with zero attached hydrogens (tertiary/aromatic N) is 1. The highest BCUT2D eigenvalue weighted by molar-refractivity contribution is 6.23. The van der Waals surface area contributed by atoms with Gasteiger partial charge in [0.05, 0.1) is 11.3 Å². The molecular formula is C15H23NO3. The molecule has 0 spiro atoms. The van der Waals surface area contributed by atoms with Gasteiger partial charge in [-0.1, -0.05) is 30.7 Å². The first-order valence-electron chi connectivity index (χ1n) is 6.91. The first-order valence-corrected chi connectivity index (χ1v) is 6.91. The smallest absolute Gasteiger partial charge is 0.168 e. The van der Waals surface area contributed by atoms with Crippen LogP contribution in [0.1, 0.15) is 46.5 Å². The summed E-state index contributed by atoms with van der Waals surface area (Å²) >= 11 is 0. The number of rotatable bonds is 6. The summed E-state index contributed by atoms with van der Waals surface area (Å²) in [5.41, 5.74) is 0.946. The first-order chi connectivity index (χ1) is 9.13. The summed E-state index contributed by atoms with van der Waals surface area (Å²) in [4.78, 5) is 17.2. The maximum absolute atomic E-state index is 12.2. The SMILES string of the molecule is CC=CC1CC(=O)C(C(CCC)=NOCC)=C(O)C1. The lowest BCUT2D eigenvalue weighted by Gasteiger charge is -2.21. The van der Waals surface area contributed by atoms with Crippen molar-refractivity contribution in [3.63, 3.8) is 0 Å². The number of Topliss-reactive ketones (excluding diaryl/α,β-unsaturated/α-hetero) is 1. The average Bonchev–Trinajstić information content (AvgIpc) is 2.35. The molecule has 0 radical (unpaired) electrons. The molecule has 0 bridgehead atoms. The standard InChI is InChI=1S/C15H23NO3/c1-4-7-11-9-13(17)15(14(18)10-11)12(8-5-2)16-19-6-3/h4,7,11,17H,5-6,8-10H2,1-3H3. The second kappa shape index (κ2) is 7.77. The number of aliphatic hydroxyl groups is 1. The van der Waals surface area contributed by atoms with E-state index in [1.54, 1.807) is 0 Å². The van der Waals surface area contributed by atoms with Gasteiger partial charge in [0.15, 0.2) is 5.78 Å². The van der Waals surface area contributed by atoms with E-state index in [0.29, 0.717) is 37.2 Å². The van der Waals surface area contributed by atoms with E-state index in [2.05, 4.69) is 5.16 Å². The van der Waals surface area contributed by atoms with E-state index < -0.39 is 0 Å². The van der Waals surface area contributed by atoms with Crippen LogP contribution in [0.25, 0.3) is 0 Å². The van der Waals surface area contributed by atoms with Crippen LogP contribution >= 0.6 is 0 Å². The van der Waals surface area contributed by atoms with Crippen LogP contribution < -0.4 is 0 Å². The summed E-state index contributed by atoms with van der Waals surface area (Å²) in [5.74, 6) is 0.196. The largest absolute Gasteiger partial charge is 0.511 e. The normalized spacial score (nSPS) is 21.3. The minimum absolute atomic E-state index is 0.0428. The van der Waals surface area contributed by atoms with Crippen LogP contribution in [0.5, 0.6) is 0 Å². The Bertz CT molecular complexity index is 408. The van der Waals surface area contributed by atoms with Crippen molar-refractivity contribution in [2.75, 3.05) is 6.61 Å². The molecular weight excluding hydrogens is 242 g/mol. The molecule has 0 saturated carbocycles. The van der Waals surface area contributed by atoms with E-state index in [9.17, 15) is 9.90 Å². The quantitative estimate of drug-likeness (QED) is 0.454. The van der Waals surface area contributed by atoms with Crippen molar-refractivity contribution in [1.82, 2.24) is 0 Å². The molecule has 0 fully saturated rings. The summed E-state index contributed by atoms with van der Waals surface area (Å²) in [5, 5.41) is 14.1. The zero-order valence-electron chi connectivity index (χ0n) is 12.0. The molecule has 1 aliphatic carbocycles. The van der Waals surface area contributed by atoms with Gasteiger partial charge in [0.1, 0.15) is 12.4 Å². The number of ketones is 1. The predicted molar refractivity (Wildman–Crippen MR) is 76.2 cm³/mol. The minimum Gasteiger partial charge on any atom is -0.511 e. The number of carbonyl (C=O) groups excluding carboxylic acids is 1. The number of hydrogen-bond acceptors (Lipinski definition) is 4. The van der Waals surface area contributed by atoms with Gasteiger partial charge in [0.25, 0.3) is 0 Å². The van der Waals surface area contributed by atoms with Crippen molar-refractivity contribution in [3.05, 3.63) is 23.5 Å². The molecule has 4 heteroatoms. The van der Waals surface area contributed by atoms with Gasteiger partial charge in [-0.05, 0) is 26.2 Å². The van der Waals surface area contributed by atoms with Crippen LogP contribution in [0.4, 0.5) is 0 Å². The van der Waals surface area contributed by atoms with E-state index in [4.69, 9.17) is 4.84 Å². The summed E-state index contributed by atoms with van der Waals surface area (Å²) in [6.07, 6.45) is 6.30. The number of aliphatic hydroxyl groups excluding tert-OH is 1. The Kier molecular flexibility index (Phi) is 6.33. The third-order valence-corrected chi connectivity index (χ3v) is 3.01. The Morgan fingerprint density at radius 2 is 2.21 bits per heavy atom.